The van der Waals surface area contributed by atoms with Gasteiger partial charge in [0.05, 0.1) is 18.0 Å². The molecule has 0 unspecified atom stereocenters. The Morgan fingerprint density at radius 3 is 2.53 bits per heavy atom. The van der Waals surface area contributed by atoms with Crippen LogP contribution in [-0.4, -0.2) is 27.9 Å². The average molecular weight is 462 g/mol. The zero-order valence-corrected chi connectivity index (χ0v) is 18.1. The maximum absolute atomic E-state index is 13.2. The molecule has 1 aliphatic rings. The van der Waals surface area contributed by atoms with E-state index in [2.05, 4.69) is 21.8 Å². The fourth-order valence-corrected chi connectivity index (χ4v) is 4.00. The normalized spacial score (nSPS) is 19.6. The van der Waals surface area contributed by atoms with E-state index in [1.165, 1.54) is 30.5 Å². The predicted molar refractivity (Wildman–Crippen MR) is 123 cm³/mol. The van der Waals surface area contributed by atoms with Crippen molar-refractivity contribution in [2.24, 2.45) is 11.7 Å². The van der Waals surface area contributed by atoms with Crippen molar-refractivity contribution < 1.29 is 18.7 Å². The maximum atomic E-state index is 13.2. The van der Waals surface area contributed by atoms with Crippen LogP contribution in [0.3, 0.4) is 0 Å². The molecule has 3 atom stereocenters. The van der Waals surface area contributed by atoms with Crippen LogP contribution in [0.1, 0.15) is 35.7 Å². The van der Waals surface area contributed by atoms with Gasteiger partial charge in [0.2, 0.25) is 0 Å². The fraction of sp³-hybridized carbons (Fsp3) is 0.250. The van der Waals surface area contributed by atoms with Gasteiger partial charge in [-0.1, -0.05) is 18.2 Å². The molecule has 1 fully saturated rings. The third kappa shape index (κ3) is 5.32. The van der Waals surface area contributed by atoms with Crippen LogP contribution in [-0.2, 0) is 4.74 Å². The number of nitrogens with two attached hydrogens (primary N) is 1. The molecule has 1 aliphatic carbocycles. The molecule has 4 rings (SSSR count). The molecule has 3 aromatic rings. The number of anilines is 3. The van der Waals surface area contributed by atoms with E-state index in [9.17, 15) is 19.2 Å². The summed E-state index contributed by atoms with van der Waals surface area (Å²) in [5.74, 6) is -1.35. The first-order valence-corrected chi connectivity index (χ1v) is 10.8. The second-order valence-corrected chi connectivity index (χ2v) is 8.00. The Kier molecular flexibility index (Phi) is 6.73. The molecule has 9 nitrogen and oxygen atoms in total. The summed E-state index contributed by atoms with van der Waals surface area (Å²) in [6.07, 6.45) is 1.87. The number of nitrogens with one attached hydrogen (secondary N) is 2. The first-order chi connectivity index (χ1) is 16.4. The van der Waals surface area contributed by atoms with Gasteiger partial charge >= 0.3 is 6.09 Å². The summed E-state index contributed by atoms with van der Waals surface area (Å²) in [5, 5.41) is 19.9. The van der Waals surface area contributed by atoms with E-state index in [0.29, 0.717) is 30.6 Å². The van der Waals surface area contributed by atoms with Crippen LogP contribution in [0.15, 0.2) is 60.8 Å². The number of rotatable bonds is 6. The highest BCUT2D eigenvalue weighted by Crippen LogP contribution is 2.36. The third-order valence-corrected chi connectivity index (χ3v) is 5.67. The van der Waals surface area contributed by atoms with E-state index in [-0.39, 0.29) is 23.2 Å². The highest BCUT2D eigenvalue weighted by Gasteiger charge is 2.35. The van der Waals surface area contributed by atoms with Gasteiger partial charge in [0.25, 0.3) is 5.91 Å². The van der Waals surface area contributed by atoms with Gasteiger partial charge in [-0.2, -0.15) is 10.4 Å². The molecular weight excluding hydrogens is 439 g/mol. The van der Waals surface area contributed by atoms with Crippen LogP contribution >= 0.6 is 0 Å². The molecule has 0 aliphatic heterocycles. The highest BCUT2D eigenvalue weighted by molar-refractivity contribution is 5.98. The van der Waals surface area contributed by atoms with Crippen molar-refractivity contribution in [3.63, 3.8) is 0 Å². The first-order valence-electron chi connectivity index (χ1n) is 10.8. The summed E-state index contributed by atoms with van der Waals surface area (Å²) < 4.78 is 20.3. The van der Waals surface area contributed by atoms with Gasteiger partial charge in [-0.25, -0.2) is 9.18 Å². The SMILES string of the molecule is N#C[C@@H]1C[C@H](OC(=O)Nc2ccccc2)CC[C@H]1n1cc(C(N)=O)c(Nc2ccc(F)cc2)n1. The number of para-hydroxylation sites is 1. The van der Waals surface area contributed by atoms with Crippen molar-refractivity contribution >= 4 is 29.2 Å². The topological polar surface area (TPSA) is 135 Å². The number of carbonyl (C=O) groups excluding carboxylic acids is 2. The van der Waals surface area contributed by atoms with Crippen molar-refractivity contribution in [1.29, 1.82) is 5.26 Å². The summed E-state index contributed by atoms with van der Waals surface area (Å²) in [7, 11) is 0. The van der Waals surface area contributed by atoms with E-state index in [1.54, 1.807) is 28.9 Å². The second kappa shape index (κ2) is 10.0. The van der Waals surface area contributed by atoms with Crippen LogP contribution in [0, 0.1) is 23.1 Å². The Labute approximate surface area is 195 Å². The lowest BCUT2D eigenvalue weighted by Crippen LogP contribution is -2.33. The molecule has 0 radical (unpaired) electrons. The van der Waals surface area contributed by atoms with Crippen molar-refractivity contribution in [2.45, 2.75) is 31.4 Å². The minimum absolute atomic E-state index is 0.154. The van der Waals surface area contributed by atoms with Gasteiger partial charge in [-0.3, -0.25) is 14.8 Å². The lowest BCUT2D eigenvalue weighted by molar-refractivity contribution is 0.0602. The van der Waals surface area contributed by atoms with Crippen molar-refractivity contribution in [3.05, 3.63) is 72.2 Å². The summed E-state index contributed by atoms with van der Waals surface area (Å²) >= 11 is 0. The summed E-state index contributed by atoms with van der Waals surface area (Å²) in [6, 6.07) is 16.5. The Hall–Kier alpha value is -4.39. The van der Waals surface area contributed by atoms with Crippen molar-refractivity contribution in [3.8, 4) is 6.07 Å². The van der Waals surface area contributed by atoms with E-state index < -0.39 is 24.0 Å². The van der Waals surface area contributed by atoms with Crippen LogP contribution in [0.2, 0.25) is 0 Å². The van der Waals surface area contributed by atoms with Crippen LogP contribution in [0.4, 0.5) is 26.4 Å². The molecule has 34 heavy (non-hydrogen) atoms. The van der Waals surface area contributed by atoms with E-state index >= 15 is 0 Å². The largest absolute Gasteiger partial charge is 0.446 e. The number of halogens is 1. The molecule has 0 bridgehead atoms. The number of nitrogens with zero attached hydrogens (tertiary/aromatic N) is 3. The molecule has 1 aromatic heterocycles. The van der Waals surface area contributed by atoms with Crippen LogP contribution < -0.4 is 16.4 Å². The lowest BCUT2D eigenvalue weighted by Gasteiger charge is -2.32. The Bertz CT molecular complexity index is 1210. The minimum atomic E-state index is -0.682. The molecule has 2 amide bonds. The zero-order valence-electron chi connectivity index (χ0n) is 18.1. The molecule has 0 spiro atoms. The molecular formula is C24H23FN6O3. The van der Waals surface area contributed by atoms with Gasteiger partial charge < -0.3 is 15.8 Å². The molecule has 2 aromatic carbocycles. The van der Waals surface area contributed by atoms with E-state index in [0.717, 1.165) is 0 Å². The first kappa shape index (κ1) is 22.8. The van der Waals surface area contributed by atoms with Crippen molar-refractivity contribution in [1.82, 2.24) is 9.78 Å². The molecule has 1 heterocycles. The third-order valence-electron chi connectivity index (χ3n) is 5.67. The number of nitriles is 1. The molecule has 1 saturated carbocycles. The van der Waals surface area contributed by atoms with E-state index in [1.807, 2.05) is 6.07 Å². The minimum Gasteiger partial charge on any atom is -0.446 e. The lowest BCUT2D eigenvalue weighted by atomic mass is 9.83. The van der Waals surface area contributed by atoms with Gasteiger partial charge in [0, 0.05) is 24.0 Å². The fourth-order valence-electron chi connectivity index (χ4n) is 4.00. The number of carbonyl (C=O) groups is 2. The summed E-state index contributed by atoms with van der Waals surface area (Å²) in [4.78, 5) is 24.2. The highest BCUT2D eigenvalue weighted by atomic mass is 19.1. The number of hydrogen-bond acceptors (Lipinski definition) is 6. The maximum Gasteiger partial charge on any atom is 0.411 e. The standard InChI is InChI=1S/C24H23FN6O3/c25-16-6-8-18(9-7-16)28-23-20(22(27)32)14-31(30-23)21-11-10-19(12-15(21)13-26)34-24(33)29-17-4-2-1-3-5-17/h1-9,14-15,19,21H,10-12H2,(H2,27,32)(H,28,30)(H,29,33)/t15-,19+,21+/m0/s1. The van der Waals surface area contributed by atoms with Gasteiger partial charge in [-0.15, -0.1) is 0 Å². The number of amides is 2. The monoisotopic (exact) mass is 462 g/mol. The quantitative estimate of drug-likeness (QED) is 0.498. The average Bonchev–Trinajstić information content (AvgIpc) is 3.25. The summed E-state index contributed by atoms with van der Waals surface area (Å²) in [6.45, 7) is 0. The Morgan fingerprint density at radius 1 is 1.12 bits per heavy atom. The van der Waals surface area contributed by atoms with E-state index in [4.69, 9.17) is 10.5 Å². The predicted octanol–water partition coefficient (Wildman–Crippen LogP) is 4.35. The molecule has 0 saturated heterocycles. The van der Waals surface area contributed by atoms with Gasteiger partial charge in [0.15, 0.2) is 5.82 Å². The number of hydrogen-bond donors (Lipinski definition) is 3. The second-order valence-electron chi connectivity index (χ2n) is 8.00. The number of ether oxygens (including phenoxy) is 1. The van der Waals surface area contributed by atoms with Gasteiger partial charge in [-0.05, 0) is 49.2 Å². The Morgan fingerprint density at radius 2 is 1.85 bits per heavy atom. The summed E-state index contributed by atoms with van der Waals surface area (Å²) in [5.41, 5.74) is 6.83. The molecule has 4 N–H and O–H groups in total. The van der Waals surface area contributed by atoms with Crippen molar-refractivity contribution in [2.75, 3.05) is 10.6 Å². The smallest absolute Gasteiger partial charge is 0.411 e. The van der Waals surface area contributed by atoms with Crippen LogP contribution in [0.5, 0.6) is 0 Å². The Balaban J connectivity index is 1.45. The number of benzene rings is 2. The number of aromatic nitrogens is 2. The molecule has 10 heteroatoms. The molecule has 174 valence electrons. The van der Waals surface area contributed by atoms with Gasteiger partial charge in [0.1, 0.15) is 17.5 Å². The number of primary amides is 1. The van der Waals surface area contributed by atoms with Crippen LogP contribution in [0.25, 0.3) is 0 Å². The zero-order chi connectivity index (χ0) is 24.1.